The molecule has 1 fully saturated rings. The van der Waals surface area contributed by atoms with Gasteiger partial charge in [0.25, 0.3) is 0 Å². The van der Waals surface area contributed by atoms with Gasteiger partial charge < -0.3 is 10.0 Å². The number of likely N-dealkylation sites (tertiary alicyclic amines) is 1. The van der Waals surface area contributed by atoms with Crippen molar-refractivity contribution in [1.82, 2.24) is 4.90 Å². The molecule has 1 aliphatic rings. The monoisotopic (exact) mass is 275 g/mol. The van der Waals surface area contributed by atoms with Gasteiger partial charge in [0.1, 0.15) is 0 Å². The molecule has 1 amide bonds. The number of rotatable bonds is 4. The first kappa shape index (κ1) is 14.6. The molecule has 20 heavy (non-hydrogen) atoms. The SMILES string of the molecule is CC1CC(C)N(C(=O)CCc2ccccc2C(=O)O)C1. The summed E-state index contributed by atoms with van der Waals surface area (Å²) in [6, 6.07) is 7.19. The van der Waals surface area contributed by atoms with Crippen molar-refractivity contribution in [3.63, 3.8) is 0 Å². The highest BCUT2D eigenvalue weighted by molar-refractivity contribution is 5.89. The van der Waals surface area contributed by atoms with Crippen LogP contribution in [0.4, 0.5) is 0 Å². The largest absolute Gasteiger partial charge is 0.478 e. The van der Waals surface area contributed by atoms with Crippen LogP contribution in [0, 0.1) is 5.92 Å². The number of nitrogens with zero attached hydrogens (tertiary/aromatic N) is 1. The van der Waals surface area contributed by atoms with E-state index in [2.05, 4.69) is 13.8 Å². The molecule has 0 aromatic heterocycles. The van der Waals surface area contributed by atoms with Crippen molar-refractivity contribution >= 4 is 11.9 Å². The van der Waals surface area contributed by atoms with Gasteiger partial charge in [-0.1, -0.05) is 25.1 Å². The van der Waals surface area contributed by atoms with Crippen LogP contribution in [0.2, 0.25) is 0 Å². The van der Waals surface area contributed by atoms with Crippen LogP contribution in [0.5, 0.6) is 0 Å². The van der Waals surface area contributed by atoms with Crippen LogP contribution in [0.3, 0.4) is 0 Å². The third-order valence-corrected chi connectivity index (χ3v) is 3.96. The van der Waals surface area contributed by atoms with Crippen LogP contribution in [-0.4, -0.2) is 34.5 Å². The average Bonchev–Trinajstić information content (AvgIpc) is 2.75. The van der Waals surface area contributed by atoms with E-state index < -0.39 is 5.97 Å². The van der Waals surface area contributed by atoms with Gasteiger partial charge in [0.05, 0.1) is 5.56 Å². The standard InChI is InChI=1S/C16H21NO3/c1-11-9-12(2)17(10-11)15(18)8-7-13-5-3-4-6-14(13)16(19)20/h3-6,11-12H,7-10H2,1-2H3,(H,19,20). The number of carboxylic acid groups (broad SMARTS) is 1. The lowest BCUT2D eigenvalue weighted by atomic mass is 10.0. The van der Waals surface area contributed by atoms with E-state index in [1.165, 1.54) is 0 Å². The fraction of sp³-hybridized carbons (Fsp3) is 0.500. The lowest BCUT2D eigenvalue weighted by molar-refractivity contribution is -0.131. The Labute approximate surface area is 119 Å². The minimum atomic E-state index is -0.934. The zero-order chi connectivity index (χ0) is 14.7. The third kappa shape index (κ3) is 3.18. The summed E-state index contributed by atoms with van der Waals surface area (Å²) >= 11 is 0. The van der Waals surface area contributed by atoms with Crippen LogP contribution in [-0.2, 0) is 11.2 Å². The highest BCUT2D eigenvalue weighted by Crippen LogP contribution is 2.23. The molecule has 4 nitrogen and oxygen atoms in total. The molecule has 1 N–H and O–H groups in total. The molecule has 4 heteroatoms. The van der Waals surface area contributed by atoms with E-state index in [9.17, 15) is 9.59 Å². The predicted octanol–water partition coefficient (Wildman–Crippen LogP) is 2.57. The Morgan fingerprint density at radius 3 is 2.60 bits per heavy atom. The van der Waals surface area contributed by atoms with E-state index in [1.54, 1.807) is 18.2 Å². The van der Waals surface area contributed by atoms with E-state index >= 15 is 0 Å². The fourth-order valence-corrected chi connectivity index (χ4v) is 2.98. The van der Waals surface area contributed by atoms with Crippen molar-refractivity contribution in [2.75, 3.05) is 6.54 Å². The zero-order valence-corrected chi connectivity index (χ0v) is 12.0. The summed E-state index contributed by atoms with van der Waals surface area (Å²) < 4.78 is 0. The Kier molecular flexibility index (Phi) is 4.42. The quantitative estimate of drug-likeness (QED) is 0.918. The molecular formula is C16H21NO3. The van der Waals surface area contributed by atoms with E-state index in [4.69, 9.17) is 5.11 Å². The van der Waals surface area contributed by atoms with Gasteiger partial charge in [0, 0.05) is 19.0 Å². The van der Waals surface area contributed by atoms with Crippen molar-refractivity contribution < 1.29 is 14.7 Å². The summed E-state index contributed by atoms with van der Waals surface area (Å²) in [5.74, 6) is -0.251. The molecule has 108 valence electrons. The Morgan fingerprint density at radius 1 is 1.30 bits per heavy atom. The molecule has 2 atom stereocenters. The van der Waals surface area contributed by atoms with Crippen LogP contribution < -0.4 is 0 Å². The molecule has 1 aromatic rings. The van der Waals surface area contributed by atoms with Crippen LogP contribution in [0.15, 0.2) is 24.3 Å². The van der Waals surface area contributed by atoms with Gasteiger partial charge in [-0.05, 0) is 37.3 Å². The highest BCUT2D eigenvalue weighted by Gasteiger charge is 2.29. The van der Waals surface area contributed by atoms with Gasteiger partial charge in [0.15, 0.2) is 0 Å². The molecule has 1 heterocycles. The maximum atomic E-state index is 12.2. The van der Waals surface area contributed by atoms with E-state index in [-0.39, 0.29) is 5.91 Å². The highest BCUT2D eigenvalue weighted by atomic mass is 16.4. The number of carbonyl (C=O) groups is 2. The minimum Gasteiger partial charge on any atom is -0.478 e. The lowest BCUT2D eigenvalue weighted by Gasteiger charge is -2.21. The van der Waals surface area contributed by atoms with Crippen molar-refractivity contribution in [2.45, 2.75) is 39.2 Å². The Hall–Kier alpha value is -1.84. The van der Waals surface area contributed by atoms with Gasteiger partial charge in [-0.15, -0.1) is 0 Å². The number of aromatic carboxylic acids is 1. The maximum Gasteiger partial charge on any atom is 0.335 e. The Balaban J connectivity index is 1.99. The second-order valence-corrected chi connectivity index (χ2v) is 5.70. The summed E-state index contributed by atoms with van der Waals surface area (Å²) in [5.41, 5.74) is 1.02. The molecule has 0 saturated carbocycles. The topological polar surface area (TPSA) is 57.6 Å². The summed E-state index contributed by atoms with van der Waals surface area (Å²) in [5, 5.41) is 9.12. The Morgan fingerprint density at radius 2 is 2.00 bits per heavy atom. The predicted molar refractivity (Wildman–Crippen MR) is 76.7 cm³/mol. The number of hydrogen-bond acceptors (Lipinski definition) is 2. The number of aryl methyl sites for hydroxylation is 1. The smallest absolute Gasteiger partial charge is 0.335 e. The van der Waals surface area contributed by atoms with E-state index in [1.807, 2.05) is 11.0 Å². The number of carbonyl (C=O) groups excluding carboxylic acids is 1. The first-order chi connectivity index (χ1) is 9.49. The molecule has 0 radical (unpaired) electrons. The average molecular weight is 275 g/mol. The van der Waals surface area contributed by atoms with Crippen molar-refractivity contribution in [3.05, 3.63) is 35.4 Å². The van der Waals surface area contributed by atoms with Gasteiger partial charge in [-0.3, -0.25) is 4.79 Å². The van der Waals surface area contributed by atoms with Crippen LogP contribution in [0.25, 0.3) is 0 Å². The van der Waals surface area contributed by atoms with E-state index in [0.29, 0.717) is 30.4 Å². The summed E-state index contributed by atoms with van der Waals surface area (Å²) in [7, 11) is 0. The molecule has 0 bridgehead atoms. The molecule has 0 aliphatic carbocycles. The molecule has 0 spiro atoms. The minimum absolute atomic E-state index is 0.127. The van der Waals surface area contributed by atoms with Crippen LogP contribution >= 0.6 is 0 Å². The Bertz CT molecular complexity index is 512. The van der Waals surface area contributed by atoms with Gasteiger partial charge in [-0.2, -0.15) is 0 Å². The molecule has 1 aliphatic heterocycles. The van der Waals surface area contributed by atoms with Crippen molar-refractivity contribution in [2.24, 2.45) is 5.92 Å². The molecule has 2 unspecified atom stereocenters. The maximum absolute atomic E-state index is 12.2. The second-order valence-electron chi connectivity index (χ2n) is 5.70. The van der Waals surface area contributed by atoms with Gasteiger partial charge >= 0.3 is 5.97 Å². The van der Waals surface area contributed by atoms with Crippen molar-refractivity contribution in [3.8, 4) is 0 Å². The number of amides is 1. The zero-order valence-electron chi connectivity index (χ0n) is 12.0. The van der Waals surface area contributed by atoms with Crippen LogP contribution in [0.1, 0.15) is 42.6 Å². The number of benzene rings is 1. The fourth-order valence-electron chi connectivity index (χ4n) is 2.98. The second kappa shape index (κ2) is 6.07. The first-order valence-electron chi connectivity index (χ1n) is 7.09. The number of carboxylic acids is 1. The molecule has 1 saturated heterocycles. The molecular weight excluding hydrogens is 254 g/mol. The summed E-state index contributed by atoms with van der Waals surface area (Å²) in [6.45, 7) is 5.05. The number of hydrogen-bond donors (Lipinski definition) is 1. The molecule has 1 aromatic carbocycles. The normalized spacial score (nSPS) is 22.0. The summed E-state index contributed by atoms with van der Waals surface area (Å²) in [4.78, 5) is 25.3. The lowest BCUT2D eigenvalue weighted by Crippen LogP contribution is -2.34. The van der Waals surface area contributed by atoms with E-state index in [0.717, 1.165) is 18.5 Å². The van der Waals surface area contributed by atoms with Gasteiger partial charge in [-0.25, -0.2) is 4.79 Å². The summed E-state index contributed by atoms with van der Waals surface area (Å²) in [6.07, 6.45) is 1.91. The van der Waals surface area contributed by atoms with Crippen molar-refractivity contribution in [1.29, 1.82) is 0 Å². The molecule has 2 rings (SSSR count). The third-order valence-electron chi connectivity index (χ3n) is 3.96. The first-order valence-corrected chi connectivity index (χ1v) is 7.09. The van der Waals surface area contributed by atoms with Gasteiger partial charge in [0.2, 0.25) is 5.91 Å².